The summed E-state index contributed by atoms with van der Waals surface area (Å²) in [6, 6.07) is 12.5. The maximum atomic E-state index is 12.6. The van der Waals surface area contributed by atoms with E-state index in [4.69, 9.17) is 21.1 Å². The first kappa shape index (κ1) is 20.5. The Morgan fingerprint density at radius 2 is 1.90 bits per heavy atom. The molecule has 7 heteroatoms. The van der Waals surface area contributed by atoms with Gasteiger partial charge in [-0.2, -0.15) is 0 Å². The number of nitrogens with one attached hydrogen (secondary N) is 1. The van der Waals surface area contributed by atoms with Gasteiger partial charge in [-0.25, -0.2) is 0 Å². The average Bonchev–Trinajstić information content (AvgIpc) is 2.77. The lowest BCUT2D eigenvalue weighted by Crippen LogP contribution is -2.41. The Morgan fingerprint density at radius 1 is 1.13 bits per heavy atom. The van der Waals surface area contributed by atoms with Gasteiger partial charge in [0.1, 0.15) is 18.1 Å². The Labute approximate surface area is 181 Å². The Balaban J connectivity index is 1.43. The van der Waals surface area contributed by atoms with Crippen molar-refractivity contribution >= 4 is 34.8 Å². The molecule has 1 heterocycles. The maximum Gasteiger partial charge on any atom is 0.265 e. The van der Waals surface area contributed by atoms with Crippen LogP contribution in [-0.4, -0.2) is 31.6 Å². The number of carbonyl (C=O) groups is 2. The van der Waals surface area contributed by atoms with Crippen LogP contribution in [-0.2, 0) is 9.59 Å². The number of halogens is 1. The van der Waals surface area contributed by atoms with E-state index in [0.717, 1.165) is 25.7 Å². The normalized spacial score (nSPS) is 16.6. The lowest BCUT2D eigenvalue weighted by atomic mass is 9.88. The maximum absolute atomic E-state index is 12.6. The summed E-state index contributed by atoms with van der Waals surface area (Å²) in [5.41, 5.74) is 1.32. The molecule has 2 aliphatic rings. The molecule has 2 aromatic rings. The molecule has 0 saturated heterocycles. The summed E-state index contributed by atoms with van der Waals surface area (Å²) >= 11 is 5.89. The first-order chi connectivity index (χ1) is 14.6. The van der Waals surface area contributed by atoms with Crippen LogP contribution in [0.5, 0.6) is 11.5 Å². The molecule has 6 nitrogen and oxygen atoms in total. The van der Waals surface area contributed by atoms with E-state index < -0.39 is 0 Å². The summed E-state index contributed by atoms with van der Waals surface area (Å²) in [6.07, 6.45) is 5.28. The standard InChI is InChI=1S/C23H25ClN2O4/c24-17-6-9-19(10-7-17)29-13-12-26-20-14-18(8-11-21(20)30-15-22(26)27)25-23(28)16-4-2-1-3-5-16/h6-11,14,16H,1-5,12-13,15H2,(H,25,28). The number of hydrogen-bond acceptors (Lipinski definition) is 4. The van der Waals surface area contributed by atoms with E-state index in [0.29, 0.717) is 41.0 Å². The number of amides is 2. The first-order valence-corrected chi connectivity index (χ1v) is 10.7. The topological polar surface area (TPSA) is 67.9 Å². The van der Waals surface area contributed by atoms with E-state index in [1.165, 1.54) is 6.42 Å². The second-order valence-electron chi connectivity index (χ2n) is 7.64. The third kappa shape index (κ3) is 4.87. The molecule has 1 aliphatic heterocycles. The van der Waals surface area contributed by atoms with Gasteiger partial charge in [-0.3, -0.25) is 9.59 Å². The van der Waals surface area contributed by atoms with Gasteiger partial charge in [0.15, 0.2) is 6.61 Å². The predicted molar refractivity (Wildman–Crippen MR) is 116 cm³/mol. The number of anilines is 2. The van der Waals surface area contributed by atoms with Crippen LogP contribution >= 0.6 is 11.6 Å². The second kappa shape index (κ2) is 9.39. The molecule has 1 saturated carbocycles. The molecule has 2 aromatic carbocycles. The number of nitrogens with zero attached hydrogens (tertiary/aromatic N) is 1. The van der Waals surface area contributed by atoms with E-state index in [-0.39, 0.29) is 24.3 Å². The fourth-order valence-electron chi connectivity index (χ4n) is 3.92. The lowest BCUT2D eigenvalue weighted by molar-refractivity contribution is -0.121. The number of carbonyl (C=O) groups excluding carboxylic acids is 2. The molecule has 2 amide bonds. The number of hydrogen-bond donors (Lipinski definition) is 1. The van der Waals surface area contributed by atoms with Crippen LogP contribution in [0.4, 0.5) is 11.4 Å². The molecular formula is C23H25ClN2O4. The third-order valence-electron chi connectivity index (χ3n) is 5.54. The van der Waals surface area contributed by atoms with Crippen molar-refractivity contribution in [1.29, 1.82) is 0 Å². The molecule has 4 rings (SSSR count). The zero-order chi connectivity index (χ0) is 20.9. The van der Waals surface area contributed by atoms with E-state index in [9.17, 15) is 9.59 Å². The van der Waals surface area contributed by atoms with E-state index >= 15 is 0 Å². The monoisotopic (exact) mass is 428 g/mol. The van der Waals surface area contributed by atoms with Crippen molar-refractivity contribution in [2.75, 3.05) is 30.0 Å². The summed E-state index contributed by atoms with van der Waals surface area (Å²) in [5, 5.41) is 3.65. The lowest BCUT2D eigenvalue weighted by Gasteiger charge is -2.30. The van der Waals surface area contributed by atoms with Crippen molar-refractivity contribution in [2.24, 2.45) is 5.92 Å². The van der Waals surface area contributed by atoms with Crippen molar-refractivity contribution < 1.29 is 19.1 Å². The smallest absolute Gasteiger partial charge is 0.265 e. The van der Waals surface area contributed by atoms with Crippen LogP contribution in [0.15, 0.2) is 42.5 Å². The summed E-state index contributed by atoms with van der Waals surface area (Å²) in [6.45, 7) is 0.686. The minimum Gasteiger partial charge on any atom is -0.492 e. The summed E-state index contributed by atoms with van der Waals surface area (Å²) in [4.78, 5) is 26.7. The molecule has 1 fully saturated rings. The van der Waals surface area contributed by atoms with Gasteiger partial charge < -0.3 is 19.7 Å². The Hall–Kier alpha value is -2.73. The van der Waals surface area contributed by atoms with Crippen molar-refractivity contribution in [3.63, 3.8) is 0 Å². The van der Waals surface area contributed by atoms with Gasteiger partial charge in [-0.1, -0.05) is 30.9 Å². The quantitative estimate of drug-likeness (QED) is 0.726. The van der Waals surface area contributed by atoms with Gasteiger partial charge in [0.25, 0.3) is 5.91 Å². The molecule has 158 valence electrons. The number of ether oxygens (including phenoxy) is 2. The fourth-order valence-corrected chi connectivity index (χ4v) is 4.05. The molecule has 0 spiro atoms. The van der Waals surface area contributed by atoms with Crippen LogP contribution in [0, 0.1) is 5.92 Å². The van der Waals surface area contributed by atoms with Crippen LogP contribution in [0.3, 0.4) is 0 Å². The first-order valence-electron chi connectivity index (χ1n) is 10.4. The van der Waals surface area contributed by atoms with Crippen molar-refractivity contribution in [3.05, 3.63) is 47.5 Å². The molecule has 0 bridgehead atoms. The van der Waals surface area contributed by atoms with E-state index in [1.807, 2.05) is 6.07 Å². The Bertz CT molecular complexity index is 910. The van der Waals surface area contributed by atoms with Crippen LogP contribution in [0.1, 0.15) is 32.1 Å². The zero-order valence-corrected chi connectivity index (χ0v) is 17.5. The van der Waals surface area contributed by atoms with E-state index in [1.54, 1.807) is 41.3 Å². The van der Waals surface area contributed by atoms with Gasteiger partial charge in [0, 0.05) is 16.6 Å². The number of fused-ring (bicyclic) bond motifs is 1. The van der Waals surface area contributed by atoms with Gasteiger partial charge in [-0.05, 0) is 55.3 Å². The van der Waals surface area contributed by atoms with Gasteiger partial charge in [-0.15, -0.1) is 0 Å². The van der Waals surface area contributed by atoms with Crippen LogP contribution in [0.25, 0.3) is 0 Å². The highest BCUT2D eigenvalue weighted by Gasteiger charge is 2.27. The molecule has 0 aromatic heterocycles. The molecule has 0 radical (unpaired) electrons. The predicted octanol–water partition coefficient (Wildman–Crippen LogP) is 4.66. The largest absolute Gasteiger partial charge is 0.492 e. The van der Waals surface area contributed by atoms with Gasteiger partial charge >= 0.3 is 0 Å². The summed E-state index contributed by atoms with van der Waals surface area (Å²) in [5.74, 6) is 1.29. The highest BCUT2D eigenvalue weighted by atomic mass is 35.5. The molecule has 0 unspecified atom stereocenters. The van der Waals surface area contributed by atoms with Gasteiger partial charge in [0.2, 0.25) is 5.91 Å². The Morgan fingerprint density at radius 3 is 2.67 bits per heavy atom. The molecular weight excluding hydrogens is 404 g/mol. The van der Waals surface area contributed by atoms with Crippen molar-refractivity contribution in [3.8, 4) is 11.5 Å². The summed E-state index contributed by atoms with van der Waals surface area (Å²) in [7, 11) is 0. The Kier molecular flexibility index (Phi) is 6.43. The van der Waals surface area contributed by atoms with Crippen molar-refractivity contribution in [2.45, 2.75) is 32.1 Å². The number of benzene rings is 2. The summed E-state index contributed by atoms with van der Waals surface area (Å²) < 4.78 is 11.3. The minimum atomic E-state index is -0.141. The minimum absolute atomic E-state index is 0.0122. The van der Waals surface area contributed by atoms with Gasteiger partial charge in [0.05, 0.1) is 12.2 Å². The highest BCUT2D eigenvalue weighted by Crippen LogP contribution is 2.35. The SMILES string of the molecule is O=C(Nc1ccc2c(c1)N(CCOc1ccc(Cl)cc1)C(=O)CO2)C1CCCCC1. The molecule has 1 aliphatic carbocycles. The van der Waals surface area contributed by atoms with Crippen molar-refractivity contribution in [1.82, 2.24) is 0 Å². The van der Waals surface area contributed by atoms with Crippen LogP contribution in [0.2, 0.25) is 5.02 Å². The third-order valence-corrected chi connectivity index (χ3v) is 5.79. The average molecular weight is 429 g/mol. The molecule has 0 atom stereocenters. The molecule has 30 heavy (non-hydrogen) atoms. The fraction of sp³-hybridized carbons (Fsp3) is 0.391. The highest BCUT2D eigenvalue weighted by molar-refractivity contribution is 6.30. The zero-order valence-electron chi connectivity index (χ0n) is 16.7. The number of rotatable bonds is 6. The molecule has 1 N–H and O–H groups in total. The second-order valence-corrected chi connectivity index (χ2v) is 8.08. The van der Waals surface area contributed by atoms with Crippen LogP contribution < -0.4 is 19.7 Å². The van der Waals surface area contributed by atoms with E-state index in [2.05, 4.69) is 5.32 Å².